The van der Waals surface area contributed by atoms with Crippen molar-refractivity contribution >= 4 is 11.9 Å². The first kappa shape index (κ1) is 87.9. The number of aliphatic hydroxyl groups excluding tert-OH is 5. The van der Waals surface area contributed by atoms with Gasteiger partial charge in [0.15, 0.2) is 12.4 Å². The lowest BCUT2D eigenvalue weighted by Gasteiger charge is -2.41. The second kappa shape index (κ2) is 68.8. The standard InChI is InChI=1S/C82H147NO10/c1-4-7-10-13-16-19-22-25-27-29-31-33-35-37-39-40-42-44-46-48-51-54-57-60-63-66-69-75(86)81(90)83-73(74(85)68-65-62-59-56-53-50-24-21-18-15-12-9-6-3)72-91-82-80(79(89)78(88)76(71-84)92-82)93-77(87)70-67-64-61-58-55-52-49-47-45-43-41-38-36-34-32-30-28-26-23-20-17-14-11-8-5-2/h7,10,16,19,25-28,31,33,37,39,65,68,73-76,78-80,82,84-86,88-89H,4-6,8-9,11-15,17-18,20-24,29-30,32,34-36,38,40-64,66-67,69-72H2,1-3H3,(H,83,90)/b10-7-,19-16-,27-25-,28-26+,33-31-,39-37-,68-65+. The highest BCUT2D eigenvalue weighted by atomic mass is 16.7. The summed E-state index contributed by atoms with van der Waals surface area (Å²) in [5, 5.41) is 57.5. The summed E-state index contributed by atoms with van der Waals surface area (Å²) in [6, 6.07) is -1.03. The molecule has 0 aromatic rings. The van der Waals surface area contributed by atoms with Gasteiger partial charge in [-0.2, -0.15) is 0 Å². The lowest BCUT2D eigenvalue weighted by atomic mass is 9.99. The minimum atomic E-state index is -1.62. The van der Waals surface area contributed by atoms with Crippen LogP contribution in [-0.2, 0) is 23.8 Å². The molecule has 1 aliphatic rings. The molecule has 11 nitrogen and oxygen atoms in total. The zero-order valence-corrected chi connectivity index (χ0v) is 60.4. The van der Waals surface area contributed by atoms with E-state index in [0.29, 0.717) is 12.8 Å². The van der Waals surface area contributed by atoms with Crippen molar-refractivity contribution in [3.05, 3.63) is 85.1 Å². The summed E-state index contributed by atoms with van der Waals surface area (Å²) in [6.45, 7) is 5.73. The molecular formula is C82H147NO10. The highest BCUT2D eigenvalue weighted by molar-refractivity contribution is 5.80. The van der Waals surface area contributed by atoms with E-state index in [-0.39, 0.29) is 19.4 Å². The maximum Gasteiger partial charge on any atom is 0.306 e. The van der Waals surface area contributed by atoms with Crippen LogP contribution in [0, 0.1) is 0 Å². The third-order valence-corrected chi connectivity index (χ3v) is 18.3. The number of carbonyl (C=O) groups excluding carboxylic acids is 2. The molecular weight excluding hydrogens is 1160 g/mol. The highest BCUT2D eigenvalue weighted by Gasteiger charge is 2.47. The van der Waals surface area contributed by atoms with Gasteiger partial charge in [0.25, 0.3) is 0 Å². The number of esters is 1. The topological polar surface area (TPSA) is 175 Å². The number of nitrogens with one attached hydrogen (secondary N) is 1. The van der Waals surface area contributed by atoms with Crippen LogP contribution >= 0.6 is 0 Å². The maximum absolute atomic E-state index is 13.5. The van der Waals surface area contributed by atoms with Crippen LogP contribution < -0.4 is 5.32 Å². The molecule has 540 valence electrons. The molecule has 1 rings (SSSR count). The molecule has 0 saturated carbocycles. The van der Waals surface area contributed by atoms with Crippen LogP contribution in [0.5, 0.6) is 0 Å². The van der Waals surface area contributed by atoms with E-state index in [0.717, 1.165) is 96.3 Å². The van der Waals surface area contributed by atoms with Gasteiger partial charge in [-0.15, -0.1) is 0 Å². The first-order chi connectivity index (χ1) is 45.7. The second-order valence-corrected chi connectivity index (χ2v) is 27.1. The van der Waals surface area contributed by atoms with Gasteiger partial charge in [0, 0.05) is 6.42 Å². The van der Waals surface area contributed by atoms with E-state index in [4.69, 9.17) is 14.2 Å². The fraction of sp³-hybridized carbons (Fsp3) is 0.805. The highest BCUT2D eigenvalue weighted by Crippen LogP contribution is 2.27. The van der Waals surface area contributed by atoms with Gasteiger partial charge in [0.1, 0.15) is 24.4 Å². The summed E-state index contributed by atoms with van der Waals surface area (Å²) in [7, 11) is 0. The van der Waals surface area contributed by atoms with Gasteiger partial charge in [-0.1, -0.05) is 343 Å². The number of rotatable bonds is 68. The number of ether oxygens (including phenoxy) is 3. The number of amides is 1. The Morgan fingerprint density at radius 3 is 1.17 bits per heavy atom. The molecule has 1 amide bonds. The Morgan fingerprint density at radius 1 is 0.430 bits per heavy atom. The molecule has 8 unspecified atom stereocenters. The van der Waals surface area contributed by atoms with Crippen molar-refractivity contribution in [1.82, 2.24) is 5.32 Å². The molecule has 1 fully saturated rings. The smallest absolute Gasteiger partial charge is 0.306 e. The molecule has 6 N–H and O–H groups in total. The molecule has 0 aromatic heterocycles. The summed E-state index contributed by atoms with van der Waals surface area (Å²) < 4.78 is 17.8. The molecule has 1 aliphatic heterocycles. The number of aliphatic hydroxyl groups is 5. The maximum atomic E-state index is 13.5. The lowest BCUT2D eigenvalue weighted by molar-refractivity contribution is -0.305. The van der Waals surface area contributed by atoms with Crippen LogP contribution in [0.4, 0.5) is 0 Å². The van der Waals surface area contributed by atoms with E-state index in [9.17, 15) is 35.1 Å². The summed E-state index contributed by atoms with van der Waals surface area (Å²) in [5.74, 6) is -1.19. The number of unbranched alkanes of at least 4 members (excludes halogenated alkanes) is 42. The SMILES string of the molecule is CC/C=C\C/C=C\C/C=C\C/C=C\C/C=C\CCCCCCCCCCCCC(O)C(=O)NC(COC1OC(CO)C(O)C(O)C1OC(=O)CCCCCCCCCCCCCCCCC/C=C/CCCCCCCC)C(O)/C=C/CCCCCCCCCCCCC. The summed E-state index contributed by atoms with van der Waals surface area (Å²) in [4.78, 5) is 26.8. The Morgan fingerprint density at radius 2 is 0.774 bits per heavy atom. The van der Waals surface area contributed by atoms with Gasteiger partial charge in [0.05, 0.1) is 25.4 Å². The molecule has 0 spiro atoms. The monoisotopic (exact) mass is 1310 g/mol. The van der Waals surface area contributed by atoms with Gasteiger partial charge in [0.2, 0.25) is 5.91 Å². The minimum Gasteiger partial charge on any atom is -0.454 e. The number of carbonyl (C=O) groups is 2. The Balaban J connectivity index is 2.52. The summed E-state index contributed by atoms with van der Waals surface area (Å²) in [5.41, 5.74) is 0. The predicted molar refractivity (Wildman–Crippen MR) is 393 cm³/mol. The van der Waals surface area contributed by atoms with Crippen molar-refractivity contribution in [2.45, 2.75) is 410 Å². The molecule has 8 atom stereocenters. The van der Waals surface area contributed by atoms with Crippen LogP contribution in [0.25, 0.3) is 0 Å². The van der Waals surface area contributed by atoms with Crippen molar-refractivity contribution < 1.29 is 49.3 Å². The second-order valence-electron chi connectivity index (χ2n) is 27.1. The van der Waals surface area contributed by atoms with Crippen LogP contribution in [0.3, 0.4) is 0 Å². The number of hydrogen-bond donors (Lipinski definition) is 6. The fourth-order valence-corrected chi connectivity index (χ4v) is 12.1. The van der Waals surface area contributed by atoms with Crippen LogP contribution in [-0.4, -0.2) is 99.6 Å². The Kier molecular flexibility index (Phi) is 65.0. The number of allylic oxidation sites excluding steroid dienone is 13. The van der Waals surface area contributed by atoms with Gasteiger partial charge in [-0.05, 0) is 96.3 Å². The van der Waals surface area contributed by atoms with Crippen molar-refractivity contribution in [1.29, 1.82) is 0 Å². The average Bonchev–Trinajstić information content (AvgIpc) is 0.910. The van der Waals surface area contributed by atoms with E-state index in [1.807, 2.05) is 6.08 Å². The molecule has 1 saturated heterocycles. The Labute approximate surface area is 572 Å². The van der Waals surface area contributed by atoms with Crippen molar-refractivity contribution in [2.24, 2.45) is 0 Å². The van der Waals surface area contributed by atoms with Crippen LogP contribution in [0.1, 0.15) is 361 Å². The molecule has 1 heterocycles. The van der Waals surface area contributed by atoms with E-state index in [1.165, 1.54) is 218 Å². The molecule has 93 heavy (non-hydrogen) atoms. The zero-order chi connectivity index (χ0) is 67.4. The average molecular weight is 1310 g/mol. The third-order valence-electron chi connectivity index (χ3n) is 18.3. The molecule has 0 aromatic carbocycles. The number of hydrogen-bond acceptors (Lipinski definition) is 10. The van der Waals surface area contributed by atoms with Gasteiger partial charge in [-0.3, -0.25) is 9.59 Å². The van der Waals surface area contributed by atoms with E-state index in [2.05, 4.69) is 99.0 Å². The van der Waals surface area contributed by atoms with E-state index >= 15 is 0 Å². The zero-order valence-electron chi connectivity index (χ0n) is 60.4. The van der Waals surface area contributed by atoms with Gasteiger partial charge >= 0.3 is 5.97 Å². The van der Waals surface area contributed by atoms with Crippen LogP contribution in [0.15, 0.2) is 85.1 Å². The first-order valence-corrected chi connectivity index (χ1v) is 39.4. The molecule has 0 bridgehead atoms. The molecule has 11 heteroatoms. The lowest BCUT2D eigenvalue weighted by Crippen LogP contribution is -2.61. The van der Waals surface area contributed by atoms with Crippen molar-refractivity contribution in [3.8, 4) is 0 Å². The van der Waals surface area contributed by atoms with Crippen molar-refractivity contribution in [3.63, 3.8) is 0 Å². The summed E-state index contributed by atoms with van der Waals surface area (Å²) in [6.07, 6.45) is 82.0. The Hall–Kier alpha value is -3.16. The normalized spacial score (nSPS) is 18.3. The fourth-order valence-electron chi connectivity index (χ4n) is 12.1. The summed E-state index contributed by atoms with van der Waals surface area (Å²) >= 11 is 0. The van der Waals surface area contributed by atoms with Gasteiger partial charge < -0.3 is 45.1 Å². The van der Waals surface area contributed by atoms with Crippen molar-refractivity contribution in [2.75, 3.05) is 13.2 Å². The Bertz CT molecular complexity index is 1840. The van der Waals surface area contributed by atoms with E-state index in [1.54, 1.807) is 6.08 Å². The quantitative estimate of drug-likeness (QED) is 0.0195. The largest absolute Gasteiger partial charge is 0.454 e. The molecule has 0 radical (unpaired) electrons. The van der Waals surface area contributed by atoms with Gasteiger partial charge in [-0.25, -0.2) is 0 Å². The minimum absolute atomic E-state index is 0.124. The predicted octanol–water partition coefficient (Wildman–Crippen LogP) is 21.2. The first-order valence-electron chi connectivity index (χ1n) is 39.4. The van der Waals surface area contributed by atoms with E-state index < -0.39 is 67.4 Å². The third kappa shape index (κ3) is 55.5. The van der Waals surface area contributed by atoms with Crippen LogP contribution in [0.2, 0.25) is 0 Å². The molecule has 0 aliphatic carbocycles.